The van der Waals surface area contributed by atoms with Gasteiger partial charge < -0.3 is 4.74 Å². The fourth-order valence-corrected chi connectivity index (χ4v) is 2.94. The van der Waals surface area contributed by atoms with Crippen LogP contribution in [-0.2, 0) is 16.1 Å². The first-order valence-corrected chi connectivity index (χ1v) is 7.41. The zero-order valence-electron chi connectivity index (χ0n) is 11.3. The molecule has 0 N–H and O–H groups in total. The summed E-state index contributed by atoms with van der Waals surface area (Å²) in [6, 6.07) is 0. The molecule has 2 rings (SSSR count). The molecule has 104 valence electrons. The minimum absolute atomic E-state index is 0.0190. The highest BCUT2D eigenvalue weighted by molar-refractivity contribution is 7.07. The molecule has 0 bridgehead atoms. The second-order valence-corrected chi connectivity index (χ2v) is 5.91. The highest BCUT2D eigenvalue weighted by atomic mass is 32.1. The Morgan fingerprint density at radius 2 is 2.21 bits per heavy atom. The Bertz CT molecular complexity index is 529. The Kier molecular flexibility index (Phi) is 4.58. The van der Waals surface area contributed by atoms with E-state index in [2.05, 4.69) is 19.1 Å². The fourth-order valence-electron chi connectivity index (χ4n) is 2.21. The number of rotatable bonds is 4. The molecule has 1 aromatic rings. The lowest BCUT2D eigenvalue weighted by atomic mass is 9.85. The molecule has 1 aromatic heterocycles. The van der Waals surface area contributed by atoms with Gasteiger partial charge in [-0.15, -0.1) is 0 Å². The van der Waals surface area contributed by atoms with E-state index in [-0.39, 0.29) is 17.4 Å². The number of ether oxygens (including phenoxy) is 1. The first-order chi connectivity index (χ1) is 9.08. The van der Waals surface area contributed by atoms with Crippen LogP contribution in [0.3, 0.4) is 0 Å². The van der Waals surface area contributed by atoms with E-state index in [1.165, 1.54) is 4.57 Å². The number of esters is 1. The summed E-state index contributed by atoms with van der Waals surface area (Å²) in [7, 11) is 0. The van der Waals surface area contributed by atoms with Crippen LogP contribution in [0.15, 0.2) is 22.3 Å². The van der Waals surface area contributed by atoms with Gasteiger partial charge in [0.15, 0.2) is 0 Å². The zero-order chi connectivity index (χ0) is 13.8. The van der Waals surface area contributed by atoms with Gasteiger partial charge in [-0.05, 0) is 31.6 Å². The molecule has 0 spiro atoms. The summed E-state index contributed by atoms with van der Waals surface area (Å²) in [5, 5.41) is 1.75. The van der Waals surface area contributed by atoms with Crippen molar-refractivity contribution in [2.75, 3.05) is 6.61 Å². The van der Waals surface area contributed by atoms with E-state index in [1.807, 2.05) is 6.92 Å². The normalized spacial score (nSPS) is 22.4. The summed E-state index contributed by atoms with van der Waals surface area (Å²) in [5.74, 6) is 0.614. The highest BCUT2D eigenvalue weighted by Gasteiger charge is 2.20. The second kappa shape index (κ2) is 6.19. The lowest BCUT2D eigenvalue weighted by Crippen LogP contribution is -2.26. The van der Waals surface area contributed by atoms with Gasteiger partial charge in [0.2, 0.25) is 0 Å². The Morgan fingerprint density at radius 1 is 1.47 bits per heavy atom. The molecule has 19 heavy (non-hydrogen) atoms. The molecule has 0 amide bonds. The summed E-state index contributed by atoms with van der Waals surface area (Å²) in [4.78, 5) is 23.2. The minimum Gasteiger partial charge on any atom is -0.464 e. The topological polar surface area (TPSA) is 48.3 Å². The molecule has 5 heteroatoms. The van der Waals surface area contributed by atoms with Crippen molar-refractivity contribution < 1.29 is 9.53 Å². The van der Waals surface area contributed by atoms with Gasteiger partial charge in [0, 0.05) is 11.1 Å². The summed E-state index contributed by atoms with van der Waals surface area (Å²) < 4.78 is 6.76. The lowest BCUT2D eigenvalue weighted by molar-refractivity contribution is -0.146. The Balaban J connectivity index is 1.85. The third kappa shape index (κ3) is 3.56. The van der Waals surface area contributed by atoms with Gasteiger partial charge in [-0.1, -0.05) is 30.4 Å². The van der Waals surface area contributed by atoms with Crippen molar-refractivity contribution in [2.24, 2.45) is 11.8 Å². The third-order valence-electron chi connectivity index (χ3n) is 3.64. The van der Waals surface area contributed by atoms with Crippen LogP contribution in [-0.4, -0.2) is 17.1 Å². The Labute approximate surface area is 116 Å². The molecule has 2 atom stereocenters. The predicted octanol–water partition coefficient (Wildman–Crippen LogP) is 2.36. The fraction of sp³-hybridized carbons (Fsp3) is 0.571. The molecule has 0 aliphatic heterocycles. The van der Waals surface area contributed by atoms with Crippen LogP contribution >= 0.6 is 11.3 Å². The van der Waals surface area contributed by atoms with Crippen LogP contribution in [0.1, 0.15) is 25.5 Å². The van der Waals surface area contributed by atoms with Crippen LogP contribution in [0.25, 0.3) is 0 Å². The van der Waals surface area contributed by atoms with Crippen LogP contribution in [0.4, 0.5) is 0 Å². The van der Waals surface area contributed by atoms with Crippen molar-refractivity contribution >= 4 is 17.3 Å². The van der Waals surface area contributed by atoms with E-state index in [4.69, 9.17) is 4.74 Å². The number of aromatic nitrogens is 1. The van der Waals surface area contributed by atoms with Gasteiger partial charge in [-0.2, -0.15) is 0 Å². The number of hydrogen-bond acceptors (Lipinski definition) is 4. The van der Waals surface area contributed by atoms with Crippen molar-refractivity contribution in [1.29, 1.82) is 0 Å². The molecular weight excluding hydrogens is 262 g/mol. The summed E-state index contributed by atoms with van der Waals surface area (Å²) >= 11 is 1.11. The first kappa shape index (κ1) is 14.1. The highest BCUT2D eigenvalue weighted by Crippen LogP contribution is 2.25. The Hall–Kier alpha value is -1.36. The largest absolute Gasteiger partial charge is 0.464 e. The molecule has 1 aliphatic carbocycles. The number of thiazole rings is 1. The summed E-state index contributed by atoms with van der Waals surface area (Å²) in [5.41, 5.74) is 0.806. The monoisotopic (exact) mass is 281 g/mol. The zero-order valence-corrected chi connectivity index (χ0v) is 12.1. The van der Waals surface area contributed by atoms with Gasteiger partial charge in [-0.3, -0.25) is 14.2 Å². The second-order valence-electron chi connectivity index (χ2n) is 5.09. The van der Waals surface area contributed by atoms with Crippen molar-refractivity contribution in [3.8, 4) is 0 Å². The van der Waals surface area contributed by atoms with E-state index in [0.29, 0.717) is 18.4 Å². The SMILES string of the molecule is Cc1csc(=O)n1CC(=O)OCC1CC=CCC1C. The maximum Gasteiger partial charge on any atom is 0.326 e. The van der Waals surface area contributed by atoms with Gasteiger partial charge in [0.05, 0.1) is 6.61 Å². The number of nitrogens with zero attached hydrogens (tertiary/aromatic N) is 1. The van der Waals surface area contributed by atoms with Gasteiger partial charge in [0.25, 0.3) is 0 Å². The molecule has 0 fully saturated rings. The molecule has 4 nitrogen and oxygen atoms in total. The van der Waals surface area contributed by atoms with E-state index in [1.54, 1.807) is 5.38 Å². The molecular formula is C14H19NO3S. The molecule has 1 heterocycles. The smallest absolute Gasteiger partial charge is 0.326 e. The van der Waals surface area contributed by atoms with Crippen molar-refractivity contribution in [3.63, 3.8) is 0 Å². The molecule has 0 saturated carbocycles. The number of aryl methyl sites for hydroxylation is 1. The van der Waals surface area contributed by atoms with Crippen LogP contribution < -0.4 is 4.87 Å². The van der Waals surface area contributed by atoms with Crippen molar-refractivity contribution in [1.82, 2.24) is 4.57 Å². The van der Waals surface area contributed by atoms with E-state index in [0.717, 1.165) is 29.9 Å². The summed E-state index contributed by atoms with van der Waals surface area (Å²) in [6.07, 6.45) is 6.33. The average Bonchev–Trinajstić information content (AvgIpc) is 2.70. The first-order valence-electron chi connectivity index (χ1n) is 6.53. The average molecular weight is 281 g/mol. The van der Waals surface area contributed by atoms with E-state index >= 15 is 0 Å². The quantitative estimate of drug-likeness (QED) is 0.629. The van der Waals surface area contributed by atoms with Crippen LogP contribution in [0, 0.1) is 18.8 Å². The van der Waals surface area contributed by atoms with Crippen molar-refractivity contribution in [2.45, 2.75) is 33.2 Å². The maximum atomic E-state index is 11.8. The number of allylic oxidation sites excluding steroid dienone is 2. The van der Waals surface area contributed by atoms with Gasteiger partial charge >= 0.3 is 10.8 Å². The third-order valence-corrected chi connectivity index (χ3v) is 4.52. The van der Waals surface area contributed by atoms with Crippen LogP contribution in [0.5, 0.6) is 0 Å². The molecule has 0 aromatic carbocycles. The standard InChI is InChI=1S/C14H19NO3S/c1-10-5-3-4-6-12(10)8-18-13(16)7-15-11(2)9-19-14(15)17/h3-4,9-10,12H,5-8H2,1-2H3. The molecule has 1 aliphatic rings. The molecule has 2 unspecified atom stereocenters. The molecule has 0 saturated heterocycles. The van der Waals surface area contributed by atoms with E-state index < -0.39 is 0 Å². The molecule has 0 radical (unpaired) electrons. The summed E-state index contributed by atoms with van der Waals surface area (Å²) in [6.45, 7) is 4.46. The van der Waals surface area contributed by atoms with Gasteiger partial charge in [0.1, 0.15) is 6.54 Å². The lowest BCUT2D eigenvalue weighted by Gasteiger charge is -2.24. The Morgan fingerprint density at radius 3 is 2.84 bits per heavy atom. The van der Waals surface area contributed by atoms with Crippen molar-refractivity contribution in [3.05, 3.63) is 32.9 Å². The number of carbonyl (C=O) groups excluding carboxylic acids is 1. The number of carbonyl (C=O) groups is 1. The van der Waals surface area contributed by atoms with Gasteiger partial charge in [-0.25, -0.2) is 0 Å². The van der Waals surface area contributed by atoms with Crippen LogP contribution in [0.2, 0.25) is 0 Å². The number of hydrogen-bond donors (Lipinski definition) is 0. The van der Waals surface area contributed by atoms with E-state index in [9.17, 15) is 9.59 Å². The minimum atomic E-state index is -0.328. The predicted molar refractivity (Wildman–Crippen MR) is 75.3 cm³/mol. The maximum absolute atomic E-state index is 11.8.